The summed E-state index contributed by atoms with van der Waals surface area (Å²) in [5.41, 5.74) is 6.27. The number of nitrogens with zero attached hydrogens (tertiary/aromatic N) is 4. The first kappa shape index (κ1) is 16.1. The Morgan fingerprint density at radius 1 is 1.32 bits per heavy atom. The van der Waals surface area contributed by atoms with Gasteiger partial charge >= 0.3 is 6.03 Å². The Morgan fingerprint density at radius 2 is 2.20 bits per heavy atom. The zero-order valence-electron chi connectivity index (χ0n) is 15.0. The summed E-state index contributed by atoms with van der Waals surface area (Å²) in [5.74, 6) is 0. The number of rotatable bonds is 2. The molecule has 2 heterocycles. The minimum atomic E-state index is 0.0440. The Bertz CT molecular complexity index is 797. The molecule has 0 fully saturated rings. The van der Waals surface area contributed by atoms with Crippen molar-refractivity contribution in [2.75, 3.05) is 6.54 Å². The lowest BCUT2D eigenvalue weighted by atomic mass is 9.95. The molecule has 6 nitrogen and oxygen atoms in total. The average molecular weight is 339 g/mol. The van der Waals surface area contributed by atoms with Crippen LogP contribution in [-0.4, -0.2) is 38.5 Å². The Hall–Kier alpha value is -2.37. The van der Waals surface area contributed by atoms with E-state index in [4.69, 9.17) is 0 Å². The molecule has 1 aromatic heterocycles. The molecule has 6 heteroatoms. The first-order valence-corrected chi connectivity index (χ1v) is 9.17. The molecule has 0 saturated heterocycles. The van der Waals surface area contributed by atoms with E-state index in [0.29, 0.717) is 6.54 Å². The number of urea groups is 1. The number of benzene rings is 1. The highest BCUT2D eigenvalue weighted by atomic mass is 16.2. The first-order valence-electron chi connectivity index (χ1n) is 9.17. The number of hydrogen-bond donors (Lipinski definition) is 1. The second-order valence-corrected chi connectivity index (χ2v) is 7.12. The topological polar surface area (TPSA) is 63.1 Å². The van der Waals surface area contributed by atoms with Gasteiger partial charge < -0.3 is 10.2 Å². The van der Waals surface area contributed by atoms with E-state index in [-0.39, 0.29) is 12.1 Å². The molecule has 4 rings (SSSR count). The summed E-state index contributed by atoms with van der Waals surface area (Å²) in [4.78, 5) is 14.6. The Kier molecular flexibility index (Phi) is 4.19. The van der Waals surface area contributed by atoms with Crippen LogP contribution in [0.15, 0.2) is 18.2 Å². The monoisotopic (exact) mass is 339 g/mol. The third-order valence-corrected chi connectivity index (χ3v) is 5.50. The van der Waals surface area contributed by atoms with Gasteiger partial charge in [0.1, 0.15) is 0 Å². The fourth-order valence-electron chi connectivity index (χ4n) is 3.92. The SMILES string of the molecule is CCc1ccc2c(c1)CCN(C(=O)NC1CCc3c(nnn3C)C1)C2. The molecule has 132 valence electrons. The number of nitrogens with one attached hydrogen (secondary N) is 1. The first-order chi connectivity index (χ1) is 12.1. The molecule has 0 radical (unpaired) electrons. The lowest BCUT2D eigenvalue weighted by molar-refractivity contribution is 0.187. The summed E-state index contributed by atoms with van der Waals surface area (Å²) in [6.07, 6.45) is 4.65. The van der Waals surface area contributed by atoms with Crippen LogP contribution in [0.3, 0.4) is 0 Å². The van der Waals surface area contributed by atoms with Gasteiger partial charge in [-0.3, -0.25) is 4.68 Å². The molecule has 0 saturated carbocycles. The van der Waals surface area contributed by atoms with Gasteiger partial charge in [-0.25, -0.2) is 4.79 Å². The molecule has 0 spiro atoms. The van der Waals surface area contributed by atoms with Crippen LogP contribution in [0, 0.1) is 0 Å². The molecule has 1 aliphatic heterocycles. The third-order valence-electron chi connectivity index (χ3n) is 5.50. The van der Waals surface area contributed by atoms with Crippen molar-refractivity contribution >= 4 is 6.03 Å². The lowest BCUT2D eigenvalue weighted by Gasteiger charge is -2.32. The van der Waals surface area contributed by atoms with Gasteiger partial charge in [-0.15, -0.1) is 5.10 Å². The summed E-state index contributed by atoms with van der Waals surface area (Å²) in [5, 5.41) is 11.5. The van der Waals surface area contributed by atoms with Crippen LogP contribution in [-0.2, 0) is 39.3 Å². The van der Waals surface area contributed by atoms with Crippen molar-refractivity contribution in [3.8, 4) is 0 Å². The summed E-state index contributed by atoms with van der Waals surface area (Å²) in [6.45, 7) is 3.67. The van der Waals surface area contributed by atoms with Crippen molar-refractivity contribution in [2.24, 2.45) is 7.05 Å². The van der Waals surface area contributed by atoms with E-state index in [9.17, 15) is 4.79 Å². The molecule has 1 aliphatic carbocycles. The zero-order valence-corrected chi connectivity index (χ0v) is 15.0. The van der Waals surface area contributed by atoms with E-state index in [1.807, 2.05) is 16.6 Å². The molecule has 2 aromatic rings. The van der Waals surface area contributed by atoms with E-state index in [1.54, 1.807) is 0 Å². The van der Waals surface area contributed by atoms with Crippen LogP contribution >= 0.6 is 0 Å². The second-order valence-electron chi connectivity index (χ2n) is 7.12. The van der Waals surface area contributed by atoms with Crippen molar-refractivity contribution < 1.29 is 4.79 Å². The minimum Gasteiger partial charge on any atom is -0.335 e. The summed E-state index contributed by atoms with van der Waals surface area (Å²) in [7, 11) is 1.93. The second kappa shape index (κ2) is 6.50. The normalized spacial score (nSPS) is 19.3. The van der Waals surface area contributed by atoms with Crippen molar-refractivity contribution in [3.63, 3.8) is 0 Å². The zero-order chi connectivity index (χ0) is 17.4. The largest absolute Gasteiger partial charge is 0.335 e. The van der Waals surface area contributed by atoms with Crippen molar-refractivity contribution in [1.82, 2.24) is 25.2 Å². The van der Waals surface area contributed by atoms with Gasteiger partial charge in [0.15, 0.2) is 0 Å². The van der Waals surface area contributed by atoms with Gasteiger partial charge in [0.25, 0.3) is 0 Å². The standard InChI is InChI=1S/C19H25N5O/c1-3-13-4-5-15-12-24(9-8-14(15)10-13)19(25)20-16-6-7-18-17(11-16)21-22-23(18)2/h4-5,10,16H,3,6-9,11-12H2,1-2H3,(H,20,25). The van der Waals surface area contributed by atoms with Gasteiger partial charge in [-0.1, -0.05) is 30.3 Å². The molecule has 25 heavy (non-hydrogen) atoms. The number of carbonyl (C=O) groups excluding carboxylic acids is 1. The Morgan fingerprint density at radius 3 is 3.04 bits per heavy atom. The van der Waals surface area contributed by atoms with Gasteiger partial charge in [-0.05, 0) is 42.4 Å². The van der Waals surface area contributed by atoms with Gasteiger partial charge in [0.2, 0.25) is 0 Å². The molecular weight excluding hydrogens is 314 g/mol. The van der Waals surface area contributed by atoms with Crippen LogP contribution in [0.2, 0.25) is 0 Å². The number of carbonyl (C=O) groups is 1. The van der Waals surface area contributed by atoms with Crippen LogP contribution in [0.25, 0.3) is 0 Å². The van der Waals surface area contributed by atoms with Gasteiger partial charge in [-0.2, -0.15) is 0 Å². The van der Waals surface area contributed by atoms with Gasteiger partial charge in [0, 0.05) is 32.6 Å². The number of hydrogen-bond acceptors (Lipinski definition) is 3. The quantitative estimate of drug-likeness (QED) is 0.910. The van der Waals surface area contributed by atoms with Crippen molar-refractivity contribution in [3.05, 3.63) is 46.3 Å². The number of fused-ring (bicyclic) bond motifs is 2. The molecule has 1 aromatic carbocycles. The summed E-state index contributed by atoms with van der Waals surface area (Å²) < 4.78 is 1.85. The predicted molar refractivity (Wildman–Crippen MR) is 95.3 cm³/mol. The van der Waals surface area contributed by atoms with Crippen LogP contribution in [0.5, 0.6) is 0 Å². The fourth-order valence-corrected chi connectivity index (χ4v) is 3.92. The van der Waals surface area contributed by atoms with Crippen LogP contribution in [0.1, 0.15) is 41.4 Å². The minimum absolute atomic E-state index is 0.0440. The molecule has 0 bridgehead atoms. The molecule has 2 amide bonds. The molecule has 1 N–H and O–H groups in total. The summed E-state index contributed by atoms with van der Waals surface area (Å²) >= 11 is 0. The summed E-state index contributed by atoms with van der Waals surface area (Å²) in [6, 6.07) is 6.85. The molecule has 1 unspecified atom stereocenters. The Balaban J connectivity index is 1.39. The highest BCUT2D eigenvalue weighted by molar-refractivity contribution is 5.75. The fraction of sp³-hybridized carbons (Fsp3) is 0.526. The maximum absolute atomic E-state index is 12.7. The number of aryl methyl sites for hydroxylation is 2. The maximum Gasteiger partial charge on any atom is 0.317 e. The highest BCUT2D eigenvalue weighted by Crippen LogP contribution is 2.22. The van der Waals surface area contributed by atoms with E-state index in [0.717, 1.165) is 44.3 Å². The molecule has 1 atom stereocenters. The average Bonchev–Trinajstić information content (AvgIpc) is 3.01. The number of aromatic nitrogens is 3. The predicted octanol–water partition coefficient (Wildman–Crippen LogP) is 2.00. The lowest BCUT2D eigenvalue weighted by Crippen LogP contribution is -2.48. The van der Waals surface area contributed by atoms with E-state index >= 15 is 0 Å². The van der Waals surface area contributed by atoms with E-state index in [1.165, 1.54) is 22.4 Å². The van der Waals surface area contributed by atoms with E-state index in [2.05, 4.69) is 40.8 Å². The van der Waals surface area contributed by atoms with Crippen LogP contribution < -0.4 is 5.32 Å². The van der Waals surface area contributed by atoms with Crippen molar-refractivity contribution in [1.29, 1.82) is 0 Å². The highest BCUT2D eigenvalue weighted by Gasteiger charge is 2.27. The van der Waals surface area contributed by atoms with Crippen molar-refractivity contribution in [2.45, 2.75) is 51.6 Å². The maximum atomic E-state index is 12.7. The van der Waals surface area contributed by atoms with E-state index < -0.39 is 0 Å². The molecular formula is C19H25N5O. The van der Waals surface area contributed by atoms with Crippen LogP contribution in [0.4, 0.5) is 4.79 Å². The molecule has 2 aliphatic rings. The smallest absolute Gasteiger partial charge is 0.317 e. The Labute approximate surface area is 148 Å². The van der Waals surface area contributed by atoms with Gasteiger partial charge in [0.05, 0.1) is 11.4 Å². The number of amides is 2. The third kappa shape index (κ3) is 3.13.